The number of hydrogen-bond donors (Lipinski definition) is 1. The third kappa shape index (κ3) is 2.32. The van der Waals surface area contributed by atoms with E-state index in [-0.39, 0.29) is 17.5 Å². The highest BCUT2D eigenvalue weighted by atomic mass is 16.7. The van der Waals surface area contributed by atoms with E-state index in [4.69, 9.17) is 15.2 Å². The lowest BCUT2D eigenvalue weighted by Gasteiger charge is -2.28. The van der Waals surface area contributed by atoms with Crippen LogP contribution in [0.5, 0.6) is 0 Å². The van der Waals surface area contributed by atoms with Crippen LogP contribution in [0.4, 0.5) is 11.4 Å². The molecule has 0 amide bonds. The highest BCUT2D eigenvalue weighted by Gasteiger charge is 2.44. The zero-order valence-electron chi connectivity index (χ0n) is 12.1. The van der Waals surface area contributed by atoms with Gasteiger partial charge in [0.05, 0.1) is 17.6 Å². The third-order valence-corrected chi connectivity index (χ3v) is 3.65. The Bertz CT molecular complexity index is 705. The zero-order chi connectivity index (χ0) is 15.7. The van der Waals surface area contributed by atoms with Gasteiger partial charge in [-0.05, 0) is 13.0 Å². The van der Waals surface area contributed by atoms with E-state index in [0.717, 1.165) is 5.56 Å². The van der Waals surface area contributed by atoms with Crippen LogP contribution in [0, 0.1) is 10.1 Å². The van der Waals surface area contributed by atoms with Crippen molar-refractivity contribution < 1.29 is 14.4 Å². The molecule has 1 aliphatic heterocycles. The summed E-state index contributed by atoms with van der Waals surface area (Å²) in [6, 6.07) is 14.0. The monoisotopic (exact) mass is 300 g/mol. The molecule has 2 aromatic rings. The lowest BCUT2D eigenvalue weighted by atomic mass is 9.96. The van der Waals surface area contributed by atoms with Crippen LogP contribution in [-0.4, -0.2) is 17.6 Å². The van der Waals surface area contributed by atoms with Gasteiger partial charge in [-0.2, -0.15) is 0 Å². The zero-order valence-corrected chi connectivity index (χ0v) is 12.1. The first-order valence-electron chi connectivity index (χ1n) is 6.94. The predicted molar refractivity (Wildman–Crippen MR) is 81.2 cm³/mol. The Morgan fingerprint density at radius 1 is 1.23 bits per heavy atom. The second-order valence-electron chi connectivity index (χ2n) is 5.25. The van der Waals surface area contributed by atoms with Crippen LogP contribution >= 0.6 is 0 Å². The van der Waals surface area contributed by atoms with Gasteiger partial charge in [0.15, 0.2) is 0 Å². The number of hydrogen-bond acceptors (Lipinski definition) is 5. The average molecular weight is 300 g/mol. The highest BCUT2D eigenvalue weighted by molar-refractivity contribution is 5.60. The maximum atomic E-state index is 11.1. The number of rotatable bonds is 3. The summed E-state index contributed by atoms with van der Waals surface area (Å²) < 4.78 is 11.9. The smallest absolute Gasteiger partial charge is 0.292 e. The first kappa shape index (κ1) is 14.5. The van der Waals surface area contributed by atoms with Gasteiger partial charge in [-0.25, -0.2) is 0 Å². The van der Waals surface area contributed by atoms with Crippen molar-refractivity contribution in [1.82, 2.24) is 0 Å². The summed E-state index contributed by atoms with van der Waals surface area (Å²) in [7, 11) is 0. The summed E-state index contributed by atoms with van der Waals surface area (Å²) in [5, 5.41) is 11.1. The molecule has 2 aromatic carbocycles. The minimum absolute atomic E-state index is 0.114. The summed E-state index contributed by atoms with van der Waals surface area (Å²) in [5.41, 5.74) is 6.98. The van der Waals surface area contributed by atoms with Crippen LogP contribution in [0.3, 0.4) is 0 Å². The number of nitro groups is 1. The topological polar surface area (TPSA) is 87.6 Å². The fourth-order valence-corrected chi connectivity index (χ4v) is 2.62. The van der Waals surface area contributed by atoms with E-state index < -0.39 is 10.7 Å². The van der Waals surface area contributed by atoms with E-state index in [1.54, 1.807) is 6.07 Å². The summed E-state index contributed by atoms with van der Waals surface area (Å²) in [6.45, 7) is 2.31. The predicted octanol–water partition coefficient (Wildman–Crippen LogP) is 2.81. The number of nitro benzene ring substituents is 1. The van der Waals surface area contributed by atoms with Crippen LogP contribution in [0.15, 0.2) is 48.5 Å². The molecule has 6 nitrogen and oxygen atoms in total. The summed E-state index contributed by atoms with van der Waals surface area (Å²) in [6.07, 6.45) is -0.114. The van der Waals surface area contributed by atoms with E-state index in [2.05, 4.69) is 0 Å². The van der Waals surface area contributed by atoms with Crippen molar-refractivity contribution in [2.24, 2.45) is 0 Å². The molecule has 114 valence electrons. The number of nitrogens with two attached hydrogens (primary N) is 1. The van der Waals surface area contributed by atoms with Crippen LogP contribution in [0.2, 0.25) is 0 Å². The molecule has 6 heteroatoms. The van der Waals surface area contributed by atoms with Gasteiger partial charge in [-0.1, -0.05) is 36.4 Å². The van der Waals surface area contributed by atoms with E-state index in [9.17, 15) is 10.1 Å². The maximum absolute atomic E-state index is 11.1. The van der Waals surface area contributed by atoms with E-state index in [1.165, 1.54) is 12.1 Å². The van der Waals surface area contributed by atoms with Crippen molar-refractivity contribution in [2.45, 2.75) is 18.8 Å². The van der Waals surface area contributed by atoms with Gasteiger partial charge in [0, 0.05) is 17.2 Å². The second-order valence-corrected chi connectivity index (χ2v) is 5.25. The number of nitrogen functional groups attached to an aromatic ring is 1. The van der Waals surface area contributed by atoms with Gasteiger partial charge in [-0.15, -0.1) is 0 Å². The molecule has 0 saturated carbocycles. The summed E-state index contributed by atoms with van der Waals surface area (Å²) in [4.78, 5) is 10.6. The number of ether oxygens (including phenoxy) is 2. The molecule has 2 N–H and O–H groups in total. The normalized spacial score (nSPS) is 24.3. The first-order valence-corrected chi connectivity index (χ1v) is 6.94. The second kappa shape index (κ2) is 5.40. The molecule has 2 unspecified atom stereocenters. The van der Waals surface area contributed by atoms with E-state index >= 15 is 0 Å². The lowest BCUT2D eigenvalue weighted by Crippen LogP contribution is -2.29. The van der Waals surface area contributed by atoms with Gasteiger partial charge < -0.3 is 15.2 Å². The number of nitrogens with zero attached hydrogens (tertiary/aromatic N) is 1. The molecular formula is C16H16N2O4. The van der Waals surface area contributed by atoms with Gasteiger partial charge in [-0.3, -0.25) is 10.1 Å². The van der Waals surface area contributed by atoms with Gasteiger partial charge >= 0.3 is 0 Å². The molecule has 1 saturated heterocycles. The first-order chi connectivity index (χ1) is 10.5. The molecule has 0 radical (unpaired) electrons. The summed E-state index contributed by atoms with van der Waals surface area (Å²) >= 11 is 0. The van der Waals surface area contributed by atoms with Gasteiger partial charge in [0.1, 0.15) is 5.69 Å². The molecule has 1 heterocycles. The number of benzene rings is 2. The minimum atomic E-state index is -1.14. The third-order valence-electron chi connectivity index (χ3n) is 3.65. The molecule has 2 atom stereocenters. The Morgan fingerprint density at radius 3 is 2.55 bits per heavy atom. The molecule has 0 aromatic heterocycles. The Hall–Kier alpha value is -2.44. The van der Waals surface area contributed by atoms with Crippen molar-refractivity contribution in [3.05, 3.63) is 69.8 Å². The van der Waals surface area contributed by atoms with Crippen molar-refractivity contribution >= 4 is 11.4 Å². The molecular weight excluding hydrogens is 284 g/mol. The number of anilines is 1. The van der Waals surface area contributed by atoms with Crippen molar-refractivity contribution in [3.8, 4) is 0 Å². The van der Waals surface area contributed by atoms with Crippen LogP contribution in [-0.2, 0) is 15.3 Å². The maximum Gasteiger partial charge on any atom is 0.292 e. The Labute approximate surface area is 127 Å². The quantitative estimate of drug-likeness (QED) is 0.535. The molecule has 1 fully saturated rings. The standard InChI is InChI=1S/C16H16N2O4/c1-11-10-21-16(22-11,12-5-3-2-4-6-12)13-7-8-14(17)15(9-13)18(19)20/h2-9,11H,10,17H2,1H3. The van der Waals surface area contributed by atoms with Crippen LogP contribution in [0.25, 0.3) is 0 Å². The lowest BCUT2D eigenvalue weighted by molar-refractivity contribution is -0.384. The van der Waals surface area contributed by atoms with Crippen molar-refractivity contribution in [3.63, 3.8) is 0 Å². The summed E-state index contributed by atoms with van der Waals surface area (Å²) in [5.74, 6) is -1.14. The van der Waals surface area contributed by atoms with Crippen molar-refractivity contribution in [2.75, 3.05) is 12.3 Å². The van der Waals surface area contributed by atoms with E-state index in [0.29, 0.717) is 12.2 Å². The fraction of sp³-hybridized carbons (Fsp3) is 0.250. The van der Waals surface area contributed by atoms with Crippen molar-refractivity contribution in [1.29, 1.82) is 0 Å². The van der Waals surface area contributed by atoms with E-state index in [1.807, 2.05) is 37.3 Å². The Balaban J connectivity index is 2.16. The molecule has 0 spiro atoms. The minimum Gasteiger partial charge on any atom is -0.393 e. The average Bonchev–Trinajstić information content (AvgIpc) is 2.91. The Kier molecular flexibility index (Phi) is 3.56. The van der Waals surface area contributed by atoms with Gasteiger partial charge in [0.2, 0.25) is 5.79 Å². The molecule has 0 bridgehead atoms. The molecule has 1 aliphatic rings. The highest BCUT2D eigenvalue weighted by Crippen LogP contribution is 2.42. The van der Waals surface area contributed by atoms with Crippen LogP contribution in [0.1, 0.15) is 18.1 Å². The van der Waals surface area contributed by atoms with Gasteiger partial charge in [0.25, 0.3) is 5.69 Å². The Morgan fingerprint density at radius 2 is 1.95 bits per heavy atom. The largest absolute Gasteiger partial charge is 0.393 e. The molecule has 0 aliphatic carbocycles. The molecule has 3 rings (SSSR count). The molecule has 22 heavy (non-hydrogen) atoms. The fourth-order valence-electron chi connectivity index (χ4n) is 2.62. The van der Waals surface area contributed by atoms with Crippen LogP contribution < -0.4 is 5.73 Å². The SMILES string of the molecule is CC1COC(c2ccccc2)(c2ccc(N)c([N+](=O)[O-])c2)O1.